The molecule has 10 heteroatoms. The van der Waals surface area contributed by atoms with Gasteiger partial charge in [-0.2, -0.15) is 0 Å². The summed E-state index contributed by atoms with van der Waals surface area (Å²) < 4.78 is 30.8. The Morgan fingerprint density at radius 1 is 0.434 bits per heavy atom. The molecule has 83 heavy (non-hydrogen) atoms. The predicted molar refractivity (Wildman–Crippen MR) is 360 cm³/mol. The van der Waals surface area contributed by atoms with Crippen molar-refractivity contribution < 1.29 is 37.3 Å². The van der Waals surface area contributed by atoms with Crippen LogP contribution in [0.5, 0.6) is 0 Å². The van der Waals surface area contributed by atoms with Gasteiger partial charge < -0.3 is 19.4 Å². The van der Waals surface area contributed by atoms with Gasteiger partial charge in [-0.05, 0) is 76.7 Å². The summed E-state index contributed by atoms with van der Waals surface area (Å²) in [4.78, 5) is 37.9. The maximum absolute atomic E-state index is 13.6. The topological polar surface area (TPSA) is 111 Å². The lowest BCUT2D eigenvalue weighted by Crippen LogP contribution is -2.47. The fourth-order valence-corrected chi connectivity index (χ4v) is 11.0. The maximum atomic E-state index is 13.6. The minimum atomic E-state index is -4.45. The molecule has 0 aromatic heterocycles. The third kappa shape index (κ3) is 63.8. The van der Waals surface area contributed by atoms with Gasteiger partial charge in [-0.15, -0.1) is 0 Å². The van der Waals surface area contributed by atoms with E-state index in [2.05, 4.69) is 86.8 Å². The Morgan fingerprint density at radius 2 is 0.771 bits per heavy atom. The maximum Gasteiger partial charge on any atom is 0.472 e. The van der Waals surface area contributed by atoms with Crippen LogP contribution in [0.4, 0.5) is 0 Å². The molecule has 3 unspecified atom stereocenters. The van der Waals surface area contributed by atoms with Crippen LogP contribution in [-0.2, 0) is 27.9 Å². The standard InChI is InChI=1S/C73H135N2O7P/c1-7-10-13-16-19-22-25-27-29-31-33-34-35-36-37-38-39-40-42-43-45-47-50-53-56-59-62-65-72(76)74-70(69-81-83(78,79)80-68-67-75(4,5)6)71(64-61-58-55-52-49-24-21-18-15-12-9-3)82-73(77)66-63-60-57-54-51-48-46-44-41-32-30-28-26-23-20-17-14-11-8-2/h10,13,19,22,27,29,33-34,36-37,61,64,70-71H,7-9,11-12,14-18,20-21,23-26,28,30-32,35,38-60,62-63,65-69H2,1-6H3,(H-,74,76,78,79)/p+1/b13-10-,22-19-,29-27-,34-33-,37-36-,64-61-. The van der Waals surface area contributed by atoms with Crippen LogP contribution >= 0.6 is 7.82 Å². The van der Waals surface area contributed by atoms with Crippen LogP contribution in [-0.4, -0.2) is 74.3 Å². The Kier molecular flexibility index (Phi) is 60.6. The van der Waals surface area contributed by atoms with Crippen molar-refractivity contribution in [2.75, 3.05) is 40.9 Å². The molecule has 0 aliphatic heterocycles. The highest BCUT2D eigenvalue weighted by molar-refractivity contribution is 7.47. The highest BCUT2D eigenvalue weighted by Crippen LogP contribution is 2.43. The van der Waals surface area contributed by atoms with Gasteiger partial charge in [-0.25, -0.2) is 4.57 Å². The van der Waals surface area contributed by atoms with E-state index >= 15 is 0 Å². The Hall–Kier alpha value is -2.55. The van der Waals surface area contributed by atoms with Crippen molar-refractivity contribution in [1.29, 1.82) is 0 Å². The van der Waals surface area contributed by atoms with Gasteiger partial charge in [-0.1, -0.05) is 312 Å². The molecular weight excluding hydrogens is 1050 g/mol. The first-order valence-electron chi connectivity index (χ1n) is 35.3. The smallest absolute Gasteiger partial charge is 0.456 e. The summed E-state index contributed by atoms with van der Waals surface area (Å²) in [5, 5.41) is 3.07. The van der Waals surface area contributed by atoms with Crippen molar-refractivity contribution in [3.63, 3.8) is 0 Å². The van der Waals surface area contributed by atoms with Gasteiger partial charge in [0.25, 0.3) is 0 Å². The second-order valence-electron chi connectivity index (χ2n) is 25.0. The number of likely N-dealkylation sites (N-methyl/N-ethyl adjacent to an activating group) is 1. The summed E-state index contributed by atoms with van der Waals surface area (Å²) in [6.45, 7) is 6.93. The number of carbonyl (C=O) groups is 2. The van der Waals surface area contributed by atoms with Gasteiger partial charge in [-0.3, -0.25) is 18.6 Å². The molecule has 0 saturated carbocycles. The summed E-state index contributed by atoms with van der Waals surface area (Å²) >= 11 is 0. The van der Waals surface area contributed by atoms with Gasteiger partial charge in [0, 0.05) is 12.8 Å². The average Bonchev–Trinajstić information content (AvgIpc) is 3.51. The molecule has 0 saturated heterocycles. The first-order chi connectivity index (χ1) is 40.4. The van der Waals surface area contributed by atoms with E-state index in [-0.39, 0.29) is 25.1 Å². The zero-order chi connectivity index (χ0) is 60.7. The van der Waals surface area contributed by atoms with Crippen LogP contribution < -0.4 is 5.32 Å². The van der Waals surface area contributed by atoms with E-state index in [1.165, 1.54) is 205 Å². The van der Waals surface area contributed by atoms with Gasteiger partial charge >= 0.3 is 13.8 Å². The second kappa shape index (κ2) is 62.5. The van der Waals surface area contributed by atoms with Crippen LogP contribution in [0.15, 0.2) is 72.9 Å². The molecule has 0 aliphatic rings. The largest absolute Gasteiger partial charge is 0.472 e. The molecule has 0 bridgehead atoms. The van der Waals surface area contributed by atoms with Crippen LogP contribution in [0.2, 0.25) is 0 Å². The predicted octanol–water partition coefficient (Wildman–Crippen LogP) is 22.3. The molecule has 0 heterocycles. The summed E-state index contributed by atoms with van der Waals surface area (Å²) in [5.74, 6) is -0.497. The number of carbonyl (C=O) groups excluding carboxylic acids is 2. The minimum Gasteiger partial charge on any atom is -0.456 e. The monoisotopic (exact) mass is 1180 g/mol. The van der Waals surface area contributed by atoms with Crippen molar-refractivity contribution >= 4 is 19.7 Å². The van der Waals surface area contributed by atoms with Crippen LogP contribution in [0.1, 0.15) is 329 Å². The van der Waals surface area contributed by atoms with Gasteiger partial charge in [0.15, 0.2) is 0 Å². The van der Waals surface area contributed by atoms with E-state index in [1.807, 2.05) is 33.3 Å². The Bertz CT molecular complexity index is 1650. The van der Waals surface area contributed by atoms with E-state index in [9.17, 15) is 19.0 Å². The van der Waals surface area contributed by atoms with E-state index in [0.29, 0.717) is 23.9 Å². The molecule has 0 fully saturated rings. The molecule has 0 radical (unpaired) electrons. The number of esters is 1. The number of amides is 1. The summed E-state index contributed by atoms with van der Waals surface area (Å²) in [5.41, 5.74) is 0. The van der Waals surface area contributed by atoms with Gasteiger partial charge in [0.05, 0.1) is 33.8 Å². The zero-order valence-corrected chi connectivity index (χ0v) is 56.3. The number of hydrogen-bond acceptors (Lipinski definition) is 6. The fraction of sp³-hybridized carbons (Fsp3) is 0.808. The second-order valence-corrected chi connectivity index (χ2v) is 26.5. The number of rotatable bonds is 64. The molecule has 1 amide bonds. The molecular formula is C73H136N2O7P+. The number of nitrogens with zero attached hydrogens (tertiary/aromatic N) is 1. The number of ether oxygens (including phenoxy) is 1. The number of phosphoric ester groups is 1. The lowest BCUT2D eigenvalue weighted by molar-refractivity contribution is -0.870. The third-order valence-corrected chi connectivity index (χ3v) is 16.6. The molecule has 0 rings (SSSR count). The number of hydrogen-bond donors (Lipinski definition) is 2. The first-order valence-corrected chi connectivity index (χ1v) is 36.8. The quantitative estimate of drug-likeness (QED) is 0.0205. The summed E-state index contributed by atoms with van der Waals surface area (Å²) in [6, 6.07) is -0.850. The Morgan fingerprint density at radius 3 is 1.16 bits per heavy atom. The molecule has 0 aromatic carbocycles. The average molecular weight is 1180 g/mol. The van der Waals surface area contributed by atoms with E-state index < -0.39 is 20.0 Å². The lowest BCUT2D eigenvalue weighted by Gasteiger charge is -2.27. The Labute approximate surface area is 514 Å². The van der Waals surface area contributed by atoms with Crippen molar-refractivity contribution in [3.05, 3.63) is 72.9 Å². The van der Waals surface area contributed by atoms with E-state index in [0.717, 1.165) is 89.9 Å². The molecule has 2 N–H and O–H groups in total. The molecule has 0 aliphatic carbocycles. The number of nitrogens with one attached hydrogen (secondary N) is 1. The number of unbranched alkanes of at least 4 members (excludes halogenated alkanes) is 38. The van der Waals surface area contributed by atoms with Crippen LogP contribution in [0, 0.1) is 0 Å². The van der Waals surface area contributed by atoms with E-state index in [1.54, 1.807) is 0 Å². The number of allylic oxidation sites excluding steroid dienone is 11. The first kappa shape index (κ1) is 80.5. The molecule has 9 nitrogen and oxygen atoms in total. The lowest BCUT2D eigenvalue weighted by atomic mass is 10.0. The molecule has 0 aromatic rings. The summed E-state index contributed by atoms with van der Waals surface area (Å²) in [6.07, 6.45) is 82.0. The molecule has 484 valence electrons. The molecule has 3 atom stereocenters. The third-order valence-electron chi connectivity index (χ3n) is 15.7. The van der Waals surface area contributed by atoms with Gasteiger partial charge in [0.1, 0.15) is 19.3 Å². The normalized spacial score (nSPS) is 14.0. The minimum absolute atomic E-state index is 0.0395. The highest BCUT2D eigenvalue weighted by atomic mass is 31.2. The van der Waals surface area contributed by atoms with Crippen LogP contribution in [0.3, 0.4) is 0 Å². The zero-order valence-electron chi connectivity index (χ0n) is 55.4. The molecule has 0 spiro atoms. The number of phosphoric acid groups is 1. The highest BCUT2D eigenvalue weighted by Gasteiger charge is 2.30. The fourth-order valence-electron chi connectivity index (χ4n) is 10.3. The van der Waals surface area contributed by atoms with E-state index in [4.69, 9.17) is 13.8 Å². The van der Waals surface area contributed by atoms with Crippen molar-refractivity contribution in [2.45, 2.75) is 341 Å². The van der Waals surface area contributed by atoms with Gasteiger partial charge in [0.2, 0.25) is 5.91 Å². The van der Waals surface area contributed by atoms with Crippen molar-refractivity contribution in [3.8, 4) is 0 Å². The number of quaternary nitrogens is 1. The SMILES string of the molecule is CC/C=C\C/C=C\C/C=C\C/C=C\C/C=C\CCCCCCCCCCCCCC(=O)NC(COP(=O)(O)OCC[N+](C)(C)C)C(/C=C\CCCCCCCCCCC)OC(=O)CCCCCCCCCCCCCCCCCCCCC. The van der Waals surface area contributed by atoms with Crippen LogP contribution in [0.25, 0.3) is 0 Å². The summed E-state index contributed by atoms with van der Waals surface area (Å²) in [7, 11) is 1.50. The Balaban J connectivity index is 5.00. The van der Waals surface area contributed by atoms with Crippen molar-refractivity contribution in [1.82, 2.24) is 5.32 Å². The van der Waals surface area contributed by atoms with Crippen molar-refractivity contribution in [2.24, 2.45) is 0 Å².